The molecule has 0 aliphatic rings. The highest BCUT2D eigenvalue weighted by molar-refractivity contribution is 5.74. The zero-order valence-electron chi connectivity index (χ0n) is 7.46. The van der Waals surface area contributed by atoms with E-state index in [0.29, 0.717) is 17.8 Å². The van der Waals surface area contributed by atoms with Gasteiger partial charge in [0, 0.05) is 5.56 Å². The Morgan fingerprint density at radius 1 is 1.58 bits per heavy atom. The van der Waals surface area contributed by atoms with Gasteiger partial charge >= 0.3 is 0 Å². The Morgan fingerprint density at radius 2 is 2.25 bits per heavy atom. The minimum absolute atomic E-state index is 0.0980. The number of hydrogen-bond donors (Lipinski definition) is 0. The third-order valence-electron chi connectivity index (χ3n) is 1.50. The van der Waals surface area contributed by atoms with Crippen molar-refractivity contribution in [2.75, 3.05) is 0 Å². The molecule has 0 unspecified atom stereocenters. The molecule has 1 rings (SSSR count). The zero-order valence-corrected chi connectivity index (χ0v) is 7.46. The van der Waals surface area contributed by atoms with Crippen molar-refractivity contribution in [2.24, 2.45) is 0 Å². The standard InChI is InChI=1S/C9H12O3/c1-6(2)12-9-5-11-8(4-10)7(9)3/h4-6H,1-3H3. The van der Waals surface area contributed by atoms with E-state index >= 15 is 0 Å². The fourth-order valence-corrected chi connectivity index (χ4v) is 0.901. The Labute approximate surface area is 71.3 Å². The van der Waals surface area contributed by atoms with Crippen molar-refractivity contribution in [1.82, 2.24) is 0 Å². The van der Waals surface area contributed by atoms with Crippen LogP contribution in [0.4, 0.5) is 0 Å². The average molecular weight is 168 g/mol. The SMILES string of the molecule is Cc1c(OC(C)C)coc1C=O. The molecule has 66 valence electrons. The van der Waals surface area contributed by atoms with Crippen LogP contribution in [-0.4, -0.2) is 12.4 Å². The lowest BCUT2D eigenvalue weighted by atomic mass is 10.3. The molecule has 0 saturated carbocycles. The highest BCUT2D eigenvalue weighted by Crippen LogP contribution is 2.23. The summed E-state index contributed by atoms with van der Waals surface area (Å²) < 4.78 is 10.3. The van der Waals surface area contributed by atoms with Gasteiger partial charge in [0.2, 0.25) is 0 Å². The fourth-order valence-electron chi connectivity index (χ4n) is 0.901. The van der Waals surface area contributed by atoms with Gasteiger partial charge in [-0.1, -0.05) is 0 Å². The number of furan rings is 1. The first-order valence-corrected chi connectivity index (χ1v) is 3.85. The molecule has 0 radical (unpaired) electrons. The molecule has 0 amide bonds. The second kappa shape index (κ2) is 3.43. The predicted octanol–water partition coefficient (Wildman–Crippen LogP) is 2.19. The number of hydrogen-bond acceptors (Lipinski definition) is 3. The lowest BCUT2D eigenvalue weighted by Gasteiger charge is -2.06. The molecule has 1 aromatic heterocycles. The van der Waals surface area contributed by atoms with Gasteiger partial charge in [-0.3, -0.25) is 4.79 Å². The van der Waals surface area contributed by atoms with E-state index in [0.717, 1.165) is 5.56 Å². The molecule has 12 heavy (non-hydrogen) atoms. The molecule has 3 heteroatoms. The van der Waals surface area contributed by atoms with E-state index in [1.807, 2.05) is 13.8 Å². The molecule has 0 fully saturated rings. The minimum atomic E-state index is 0.0980. The van der Waals surface area contributed by atoms with Crippen LogP contribution < -0.4 is 4.74 Å². The minimum Gasteiger partial charge on any atom is -0.487 e. The highest BCUT2D eigenvalue weighted by Gasteiger charge is 2.10. The largest absolute Gasteiger partial charge is 0.487 e. The summed E-state index contributed by atoms with van der Waals surface area (Å²) in [7, 11) is 0. The maximum absolute atomic E-state index is 10.4. The lowest BCUT2D eigenvalue weighted by Crippen LogP contribution is -2.05. The molecule has 0 bridgehead atoms. The van der Waals surface area contributed by atoms with Crippen LogP contribution in [-0.2, 0) is 0 Å². The molecular formula is C9H12O3. The molecule has 0 aromatic carbocycles. The third kappa shape index (κ3) is 1.67. The Bertz CT molecular complexity index is 273. The van der Waals surface area contributed by atoms with Crippen LogP contribution in [0.2, 0.25) is 0 Å². The number of carbonyl (C=O) groups is 1. The first-order valence-electron chi connectivity index (χ1n) is 3.85. The predicted molar refractivity (Wildman–Crippen MR) is 44.6 cm³/mol. The first kappa shape index (κ1) is 8.84. The van der Waals surface area contributed by atoms with Gasteiger partial charge in [0.15, 0.2) is 17.8 Å². The molecule has 1 heterocycles. The van der Waals surface area contributed by atoms with Crippen LogP contribution >= 0.6 is 0 Å². The molecular weight excluding hydrogens is 156 g/mol. The van der Waals surface area contributed by atoms with Gasteiger partial charge in [-0.05, 0) is 20.8 Å². The van der Waals surface area contributed by atoms with Gasteiger partial charge < -0.3 is 9.15 Å². The Hall–Kier alpha value is -1.25. The van der Waals surface area contributed by atoms with E-state index in [2.05, 4.69) is 0 Å². The summed E-state index contributed by atoms with van der Waals surface area (Å²) >= 11 is 0. The molecule has 1 aromatic rings. The van der Waals surface area contributed by atoms with Gasteiger partial charge in [-0.2, -0.15) is 0 Å². The molecule has 0 saturated heterocycles. The van der Waals surface area contributed by atoms with Crippen LogP contribution in [0.1, 0.15) is 30.0 Å². The van der Waals surface area contributed by atoms with Crippen LogP contribution in [0.25, 0.3) is 0 Å². The molecule has 0 N–H and O–H groups in total. The average Bonchev–Trinajstić information content (AvgIpc) is 2.32. The highest BCUT2D eigenvalue weighted by atomic mass is 16.5. The van der Waals surface area contributed by atoms with Crippen molar-refractivity contribution >= 4 is 6.29 Å². The van der Waals surface area contributed by atoms with E-state index in [1.54, 1.807) is 6.92 Å². The van der Waals surface area contributed by atoms with Crippen LogP contribution in [0.5, 0.6) is 5.75 Å². The van der Waals surface area contributed by atoms with E-state index in [1.165, 1.54) is 6.26 Å². The fraction of sp³-hybridized carbons (Fsp3) is 0.444. The number of ether oxygens (including phenoxy) is 1. The van der Waals surface area contributed by atoms with E-state index in [4.69, 9.17) is 9.15 Å². The van der Waals surface area contributed by atoms with E-state index in [9.17, 15) is 4.79 Å². The van der Waals surface area contributed by atoms with Crippen molar-refractivity contribution in [3.05, 3.63) is 17.6 Å². The number of rotatable bonds is 3. The molecule has 3 nitrogen and oxygen atoms in total. The summed E-state index contributed by atoms with van der Waals surface area (Å²) in [4.78, 5) is 10.4. The molecule has 0 spiro atoms. The van der Waals surface area contributed by atoms with Crippen molar-refractivity contribution < 1.29 is 13.9 Å². The molecule has 0 atom stereocenters. The maximum Gasteiger partial charge on any atom is 0.185 e. The van der Waals surface area contributed by atoms with Gasteiger partial charge in [0.25, 0.3) is 0 Å². The molecule has 0 aliphatic heterocycles. The van der Waals surface area contributed by atoms with Crippen molar-refractivity contribution in [3.8, 4) is 5.75 Å². The van der Waals surface area contributed by atoms with Crippen molar-refractivity contribution in [2.45, 2.75) is 26.9 Å². The van der Waals surface area contributed by atoms with E-state index < -0.39 is 0 Å². The Kier molecular flexibility index (Phi) is 2.53. The summed E-state index contributed by atoms with van der Waals surface area (Å²) in [5.74, 6) is 0.984. The second-order valence-corrected chi connectivity index (χ2v) is 2.87. The van der Waals surface area contributed by atoms with Crippen LogP contribution in [0.15, 0.2) is 10.7 Å². The van der Waals surface area contributed by atoms with E-state index in [-0.39, 0.29) is 6.10 Å². The smallest absolute Gasteiger partial charge is 0.185 e. The number of carbonyl (C=O) groups excluding carboxylic acids is 1. The summed E-state index contributed by atoms with van der Waals surface area (Å²) in [5.41, 5.74) is 0.763. The summed E-state index contributed by atoms with van der Waals surface area (Å²) in [6, 6.07) is 0. The Balaban J connectivity index is 2.86. The zero-order chi connectivity index (χ0) is 9.14. The maximum atomic E-state index is 10.4. The van der Waals surface area contributed by atoms with Gasteiger partial charge in [0.05, 0.1) is 6.10 Å². The van der Waals surface area contributed by atoms with Crippen LogP contribution in [0, 0.1) is 6.92 Å². The lowest BCUT2D eigenvalue weighted by molar-refractivity contribution is 0.110. The van der Waals surface area contributed by atoms with Gasteiger partial charge in [-0.15, -0.1) is 0 Å². The third-order valence-corrected chi connectivity index (χ3v) is 1.50. The summed E-state index contributed by atoms with van der Waals surface area (Å²) in [6.45, 7) is 5.64. The normalized spacial score (nSPS) is 10.3. The van der Waals surface area contributed by atoms with Gasteiger partial charge in [-0.25, -0.2) is 0 Å². The van der Waals surface area contributed by atoms with Crippen molar-refractivity contribution in [1.29, 1.82) is 0 Å². The van der Waals surface area contributed by atoms with Crippen LogP contribution in [0.3, 0.4) is 0 Å². The second-order valence-electron chi connectivity index (χ2n) is 2.87. The van der Waals surface area contributed by atoms with Crippen molar-refractivity contribution in [3.63, 3.8) is 0 Å². The first-order chi connectivity index (χ1) is 5.65. The Morgan fingerprint density at radius 3 is 2.67 bits per heavy atom. The summed E-state index contributed by atoms with van der Waals surface area (Å²) in [5, 5.41) is 0. The summed E-state index contributed by atoms with van der Waals surface area (Å²) in [6.07, 6.45) is 2.24. The monoisotopic (exact) mass is 168 g/mol. The quantitative estimate of drug-likeness (QED) is 0.649. The number of aldehydes is 1. The molecule has 0 aliphatic carbocycles. The topological polar surface area (TPSA) is 39.4 Å². The van der Waals surface area contributed by atoms with Gasteiger partial charge in [0.1, 0.15) is 6.26 Å².